The molecule has 0 spiro atoms. The summed E-state index contributed by atoms with van der Waals surface area (Å²) in [6, 6.07) is 13.7. The van der Waals surface area contributed by atoms with Gasteiger partial charge in [0.2, 0.25) is 0 Å². The Bertz CT molecular complexity index is 528. The van der Waals surface area contributed by atoms with Gasteiger partial charge in [0.1, 0.15) is 5.75 Å². The number of benzene rings is 2. The molecule has 0 saturated carbocycles. The highest BCUT2D eigenvalue weighted by molar-refractivity contribution is 9.10. The lowest BCUT2D eigenvalue weighted by atomic mass is 10.2. The van der Waals surface area contributed by atoms with E-state index < -0.39 is 0 Å². The summed E-state index contributed by atoms with van der Waals surface area (Å²) < 4.78 is 6.25. The van der Waals surface area contributed by atoms with Crippen molar-refractivity contribution in [3.63, 3.8) is 0 Å². The summed E-state index contributed by atoms with van der Waals surface area (Å²) in [7, 11) is 1.64. The smallest absolute Gasteiger partial charge is 0.121 e. The molecule has 2 aromatic carbocycles. The molecular weight excluding hydrogens is 314 g/mol. The molecule has 0 aromatic heterocycles. The fourth-order valence-electron chi connectivity index (χ4n) is 1.57. The molecule has 4 heteroatoms. The topological polar surface area (TPSA) is 21.3 Å². The van der Waals surface area contributed by atoms with Crippen molar-refractivity contribution < 1.29 is 4.74 Å². The predicted molar refractivity (Wildman–Crippen MR) is 79.5 cm³/mol. The Balaban J connectivity index is 2.07. The van der Waals surface area contributed by atoms with Crippen molar-refractivity contribution in [1.82, 2.24) is 0 Å². The molecule has 2 nitrogen and oxygen atoms in total. The number of ether oxygens (including phenoxy) is 1. The number of halogens is 2. The van der Waals surface area contributed by atoms with Crippen LogP contribution in [0.15, 0.2) is 46.9 Å². The van der Waals surface area contributed by atoms with Crippen molar-refractivity contribution in [2.75, 3.05) is 12.4 Å². The molecule has 0 fully saturated rings. The van der Waals surface area contributed by atoms with E-state index in [0.717, 1.165) is 22.5 Å². The number of rotatable bonds is 4. The molecule has 0 atom stereocenters. The molecule has 0 aliphatic carbocycles. The first-order chi connectivity index (χ1) is 8.69. The van der Waals surface area contributed by atoms with Gasteiger partial charge in [0, 0.05) is 17.1 Å². The third kappa shape index (κ3) is 3.40. The van der Waals surface area contributed by atoms with Crippen molar-refractivity contribution in [2.45, 2.75) is 6.54 Å². The maximum absolute atomic E-state index is 6.12. The Morgan fingerprint density at radius 2 is 1.89 bits per heavy atom. The normalized spacial score (nSPS) is 10.2. The summed E-state index contributed by atoms with van der Waals surface area (Å²) in [5.41, 5.74) is 2.07. The van der Waals surface area contributed by atoms with Gasteiger partial charge in [-0.1, -0.05) is 39.7 Å². The van der Waals surface area contributed by atoms with E-state index in [1.807, 2.05) is 30.3 Å². The number of hydrogen-bond donors (Lipinski definition) is 1. The van der Waals surface area contributed by atoms with E-state index in [1.165, 1.54) is 5.56 Å². The van der Waals surface area contributed by atoms with Gasteiger partial charge in [-0.25, -0.2) is 0 Å². The van der Waals surface area contributed by atoms with E-state index in [0.29, 0.717) is 5.02 Å². The highest BCUT2D eigenvalue weighted by Gasteiger charge is 2.02. The van der Waals surface area contributed by atoms with E-state index in [-0.39, 0.29) is 0 Å². The number of nitrogens with one attached hydrogen (secondary N) is 1. The van der Waals surface area contributed by atoms with Crippen molar-refractivity contribution in [2.24, 2.45) is 0 Å². The molecule has 0 amide bonds. The summed E-state index contributed by atoms with van der Waals surface area (Å²) in [6.45, 7) is 0.722. The van der Waals surface area contributed by atoms with E-state index in [4.69, 9.17) is 16.3 Å². The summed E-state index contributed by atoms with van der Waals surface area (Å²) in [5, 5.41) is 3.98. The molecular formula is C14H13BrClNO. The van der Waals surface area contributed by atoms with Crippen LogP contribution in [0.5, 0.6) is 5.75 Å². The van der Waals surface area contributed by atoms with Crippen LogP contribution >= 0.6 is 27.5 Å². The zero-order valence-electron chi connectivity index (χ0n) is 9.91. The van der Waals surface area contributed by atoms with E-state index in [2.05, 4.69) is 33.4 Å². The van der Waals surface area contributed by atoms with Crippen molar-refractivity contribution in [3.05, 3.63) is 57.5 Å². The molecule has 94 valence electrons. The molecule has 0 bridgehead atoms. The van der Waals surface area contributed by atoms with Crippen LogP contribution in [0, 0.1) is 0 Å². The maximum atomic E-state index is 6.12. The van der Waals surface area contributed by atoms with Gasteiger partial charge in [-0.05, 0) is 29.8 Å². The van der Waals surface area contributed by atoms with Crippen LogP contribution in [-0.2, 0) is 6.54 Å². The second-order valence-corrected chi connectivity index (χ2v) is 5.15. The third-order valence-corrected chi connectivity index (χ3v) is 3.43. The molecule has 0 heterocycles. The number of anilines is 1. The van der Waals surface area contributed by atoms with E-state index >= 15 is 0 Å². The molecule has 2 rings (SSSR count). The molecule has 0 radical (unpaired) electrons. The second kappa shape index (κ2) is 6.12. The van der Waals surface area contributed by atoms with Gasteiger partial charge in [0.05, 0.1) is 17.8 Å². The Morgan fingerprint density at radius 1 is 1.17 bits per heavy atom. The van der Waals surface area contributed by atoms with Crippen LogP contribution in [0.1, 0.15) is 5.56 Å². The summed E-state index contributed by atoms with van der Waals surface area (Å²) in [4.78, 5) is 0. The minimum Gasteiger partial charge on any atom is -0.497 e. The lowest BCUT2D eigenvalue weighted by Gasteiger charge is -2.10. The highest BCUT2D eigenvalue weighted by Crippen LogP contribution is 2.27. The third-order valence-electron chi connectivity index (χ3n) is 2.57. The van der Waals surface area contributed by atoms with Crippen LogP contribution in [0.3, 0.4) is 0 Å². The number of methoxy groups -OCH3 is 1. The van der Waals surface area contributed by atoms with Crippen molar-refractivity contribution in [3.8, 4) is 5.75 Å². The Kier molecular flexibility index (Phi) is 4.50. The predicted octanol–water partition coefficient (Wildman–Crippen LogP) is 4.72. The minimum atomic E-state index is 0.688. The van der Waals surface area contributed by atoms with Crippen LogP contribution < -0.4 is 10.1 Å². The molecule has 0 aliphatic rings. The second-order valence-electron chi connectivity index (χ2n) is 3.83. The molecule has 1 N–H and O–H groups in total. The van der Waals surface area contributed by atoms with Gasteiger partial charge in [-0.3, -0.25) is 0 Å². The lowest BCUT2D eigenvalue weighted by Crippen LogP contribution is -2.00. The fourth-order valence-corrected chi connectivity index (χ4v) is 2.02. The molecule has 0 unspecified atom stereocenters. The maximum Gasteiger partial charge on any atom is 0.121 e. The van der Waals surface area contributed by atoms with Gasteiger partial charge in [0.25, 0.3) is 0 Å². The number of hydrogen-bond acceptors (Lipinski definition) is 2. The zero-order chi connectivity index (χ0) is 13.0. The van der Waals surface area contributed by atoms with Crippen molar-refractivity contribution >= 4 is 33.2 Å². The van der Waals surface area contributed by atoms with Gasteiger partial charge < -0.3 is 10.1 Å². The first-order valence-corrected chi connectivity index (χ1v) is 6.68. The van der Waals surface area contributed by atoms with Crippen molar-refractivity contribution in [1.29, 1.82) is 0 Å². The largest absolute Gasteiger partial charge is 0.497 e. The SMILES string of the molecule is COc1ccc(Cl)c(NCc2ccc(Br)cc2)c1. The Morgan fingerprint density at radius 3 is 2.56 bits per heavy atom. The van der Waals surface area contributed by atoms with Crippen LogP contribution in [0.2, 0.25) is 5.02 Å². The van der Waals surface area contributed by atoms with E-state index in [1.54, 1.807) is 7.11 Å². The minimum absolute atomic E-state index is 0.688. The molecule has 18 heavy (non-hydrogen) atoms. The quantitative estimate of drug-likeness (QED) is 0.877. The monoisotopic (exact) mass is 325 g/mol. The van der Waals surface area contributed by atoms with Gasteiger partial charge in [-0.2, -0.15) is 0 Å². The lowest BCUT2D eigenvalue weighted by molar-refractivity contribution is 0.415. The van der Waals surface area contributed by atoms with Gasteiger partial charge in [-0.15, -0.1) is 0 Å². The van der Waals surface area contributed by atoms with Crippen LogP contribution in [0.25, 0.3) is 0 Å². The van der Waals surface area contributed by atoms with E-state index in [9.17, 15) is 0 Å². The van der Waals surface area contributed by atoms with Gasteiger partial charge in [0.15, 0.2) is 0 Å². The Labute approximate surface area is 120 Å². The average Bonchev–Trinajstić information content (AvgIpc) is 2.40. The highest BCUT2D eigenvalue weighted by atomic mass is 79.9. The molecule has 0 aliphatic heterocycles. The van der Waals surface area contributed by atoms with Gasteiger partial charge >= 0.3 is 0 Å². The van der Waals surface area contributed by atoms with Crippen LogP contribution in [0.4, 0.5) is 5.69 Å². The molecule has 0 saturated heterocycles. The first-order valence-electron chi connectivity index (χ1n) is 5.51. The standard InChI is InChI=1S/C14H13BrClNO/c1-18-12-6-7-13(16)14(8-12)17-9-10-2-4-11(15)5-3-10/h2-8,17H,9H2,1H3. The van der Waals surface area contributed by atoms with Crippen LogP contribution in [-0.4, -0.2) is 7.11 Å². The summed E-state index contributed by atoms with van der Waals surface area (Å²) >= 11 is 9.53. The fraction of sp³-hybridized carbons (Fsp3) is 0.143. The Hall–Kier alpha value is -1.19. The summed E-state index contributed by atoms with van der Waals surface area (Å²) in [6.07, 6.45) is 0. The summed E-state index contributed by atoms with van der Waals surface area (Å²) in [5.74, 6) is 0.790. The molecule has 2 aromatic rings. The zero-order valence-corrected chi connectivity index (χ0v) is 12.3. The average molecular weight is 327 g/mol. The first kappa shape index (κ1) is 13.2.